The van der Waals surface area contributed by atoms with E-state index in [1.807, 2.05) is 27.7 Å². The number of aryl methyl sites for hydroxylation is 4. The van der Waals surface area contributed by atoms with Crippen LogP contribution < -0.4 is 0 Å². The summed E-state index contributed by atoms with van der Waals surface area (Å²) in [4.78, 5) is 0. The minimum absolute atomic E-state index is 0.438. The van der Waals surface area contributed by atoms with Crippen LogP contribution in [0.3, 0.4) is 0 Å². The van der Waals surface area contributed by atoms with Gasteiger partial charge in [0.1, 0.15) is 11.5 Å². The molecule has 3 rings (SSSR count). The zero-order valence-electron chi connectivity index (χ0n) is 19.4. The van der Waals surface area contributed by atoms with Gasteiger partial charge in [-0.2, -0.15) is 0 Å². The van der Waals surface area contributed by atoms with E-state index in [1.165, 1.54) is 68.9 Å². The van der Waals surface area contributed by atoms with Crippen LogP contribution in [-0.2, 0) is 0 Å². The Hall–Kier alpha value is -1.96. The third kappa shape index (κ3) is 5.59. The third-order valence-electron chi connectivity index (χ3n) is 7.14. The van der Waals surface area contributed by atoms with E-state index in [4.69, 9.17) is 0 Å². The number of hydrogen-bond acceptors (Lipinski definition) is 2. The maximum absolute atomic E-state index is 10.3. The van der Waals surface area contributed by atoms with E-state index in [0.717, 1.165) is 28.7 Å². The van der Waals surface area contributed by atoms with Gasteiger partial charge in [0.05, 0.1) is 0 Å². The van der Waals surface area contributed by atoms with Crippen molar-refractivity contribution in [3.8, 4) is 11.5 Å². The molecule has 1 aliphatic carbocycles. The predicted molar refractivity (Wildman–Crippen MR) is 127 cm³/mol. The fraction of sp³-hybridized carbons (Fsp3) is 0.571. The molecule has 0 spiro atoms. The van der Waals surface area contributed by atoms with Gasteiger partial charge in [-0.3, -0.25) is 0 Å². The van der Waals surface area contributed by atoms with E-state index < -0.39 is 0 Å². The highest BCUT2D eigenvalue weighted by Crippen LogP contribution is 2.40. The zero-order chi connectivity index (χ0) is 21.7. The van der Waals surface area contributed by atoms with Gasteiger partial charge in [-0.05, 0) is 92.2 Å². The van der Waals surface area contributed by atoms with Crippen LogP contribution in [0.25, 0.3) is 0 Å². The zero-order valence-corrected chi connectivity index (χ0v) is 19.4. The summed E-state index contributed by atoms with van der Waals surface area (Å²) in [6.45, 7) is 8.08. The second-order valence-electron chi connectivity index (χ2n) is 9.69. The minimum Gasteiger partial charge on any atom is -0.507 e. The lowest BCUT2D eigenvalue weighted by Gasteiger charge is -2.27. The van der Waals surface area contributed by atoms with E-state index >= 15 is 0 Å². The molecule has 0 saturated heterocycles. The van der Waals surface area contributed by atoms with Gasteiger partial charge < -0.3 is 10.2 Å². The summed E-state index contributed by atoms with van der Waals surface area (Å²) in [7, 11) is 0. The Bertz CT molecular complexity index is 736. The monoisotopic (exact) mass is 408 g/mol. The third-order valence-corrected chi connectivity index (χ3v) is 7.14. The molecule has 2 atom stereocenters. The fourth-order valence-electron chi connectivity index (χ4n) is 5.30. The maximum atomic E-state index is 10.3. The topological polar surface area (TPSA) is 40.5 Å². The first-order valence-electron chi connectivity index (χ1n) is 12.0. The van der Waals surface area contributed by atoms with Crippen LogP contribution in [0.2, 0.25) is 0 Å². The molecule has 0 radical (unpaired) electrons. The minimum atomic E-state index is 0.438. The summed E-state index contributed by atoms with van der Waals surface area (Å²) >= 11 is 0. The van der Waals surface area contributed by atoms with E-state index in [2.05, 4.69) is 24.3 Å². The molecule has 0 aliphatic heterocycles. The van der Waals surface area contributed by atoms with Crippen molar-refractivity contribution in [1.29, 1.82) is 0 Å². The quantitative estimate of drug-likeness (QED) is 0.527. The second kappa shape index (κ2) is 10.4. The Morgan fingerprint density at radius 2 is 0.833 bits per heavy atom. The van der Waals surface area contributed by atoms with E-state index in [1.54, 1.807) is 0 Å². The van der Waals surface area contributed by atoms with Crippen LogP contribution in [0.5, 0.6) is 11.5 Å². The average molecular weight is 409 g/mol. The maximum Gasteiger partial charge on any atom is 0.121 e. The SMILES string of the molecule is Cc1cc(C2CCCCCCCCCC(c3cc(C)c(O)c(C)c3)C2)cc(C)c1O. The smallest absolute Gasteiger partial charge is 0.121 e. The predicted octanol–water partition coefficient (Wildman–Crippen LogP) is 8.11. The van der Waals surface area contributed by atoms with E-state index in [0.29, 0.717) is 23.3 Å². The van der Waals surface area contributed by atoms with Gasteiger partial charge in [-0.1, -0.05) is 69.2 Å². The van der Waals surface area contributed by atoms with Crippen molar-refractivity contribution in [1.82, 2.24) is 0 Å². The van der Waals surface area contributed by atoms with E-state index in [9.17, 15) is 10.2 Å². The van der Waals surface area contributed by atoms with Crippen molar-refractivity contribution in [3.63, 3.8) is 0 Å². The molecule has 2 heteroatoms. The van der Waals surface area contributed by atoms with Crippen LogP contribution in [0.15, 0.2) is 24.3 Å². The first-order valence-corrected chi connectivity index (χ1v) is 12.0. The molecule has 2 N–H and O–H groups in total. The highest BCUT2D eigenvalue weighted by atomic mass is 16.3. The van der Waals surface area contributed by atoms with Crippen molar-refractivity contribution >= 4 is 0 Å². The number of phenols is 2. The van der Waals surface area contributed by atoms with Gasteiger partial charge in [0.15, 0.2) is 0 Å². The molecule has 0 aromatic heterocycles. The largest absolute Gasteiger partial charge is 0.507 e. The van der Waals surface area contributed by atoms with Crippen molar-refractivity contribution in [2.45, 2.75) is 104 Å². The molecule has 2 aromatic rings. The Morgan fingerprint density at radius 1 is 0.533 bits per heavy atom. The lowest BCUT2D eigenvalue weighted by molar-refractivity contribution is 0.428. The van der Waals surface area contributed by atoms with Crippen molar-refractivity contribution < 1.29 is 10.2 Å². The molecule has 1 saturated carbocycles. The molecule has 1 aliphatic rings. The van der Waals surface area contributed by atoms with Crippen LogP contribution in [-0.4, -0.2) is 10.2 Å². The number of rotatable bonds is 2. The van der Waals surface area contributed by atoms with Crippen molar-refractivity contribution in [3.05, 3.63) is 57.6 Å². The second-order valence-corrected chi connectivity index (χ2v) is 9.69. The highest BCUT2D eigenvalue weighted by Gasteiger charge is 2.22. The lowest BCUT2D eigenvalue weighted by Crippen LogP contribution is -2.09. The van der Waals surface area contributed by atoms with Crippen LogP contribution in [0.4, 0.5) is 0 Å². The number of hydrogen-bond donors (Lipinski definition) is 2. The van der Waals surface area contributed by atoms with Crippen LogP contribution in [0.1, 0.15) is 109 Å². The molecule has 30 heavy (non-hydrogen) atoms. The fourth-order valence-corrected chi connectivity index (χ4v) is 5.30. The summed E-state index contributed by atoms with van der Waals surface area (Å²) in [5, 5.41) is 20.5. The molecular weight excluding hydrogens is 368 g/mol. The first kappa shape index (κ1) is 22.7. The Morgan fingerprint density at radius 3 is 1.17 bits per heavy atom. The molecule has 0 amide bonds. The Labute approximate surface area is 183 Å². The summed E-state index contributed by atoms with van der Waals surface area (Å²) in [5.74, 6) is 1.91. The normalized spacial score (nSPS) is 21.6. The highest BCUT2D eigenvalue weighted by molar-refractivity contribution is 5.45. The molecule has 0 bridgehead atoms. The number of aromatic hydroxyl groups is 2. The van der Waals surface area contributed by atoms with Gasteiger partial charge in [0.2, 0.25) is 0 Å². The van der Waals surface area contributed by atoms with Gasteiger partial charge in [-0.15, -0.1) is 0 Å². The summed E-state index contributed by atoms with van der Waals surface area (Å²) in [6, 6.07) is 8.85. The molecule has 0 heterocycles. The summed E-state index contributed by atoms with van der Waals surface area (Å²) in [5.41, 5.74) is 6.73. The van der Waals surface area contributed by atoms with Gasteiger partial charge in [0.25, 0.3) is 0 Å². The standard InChI is InChI=1S/C28H40O2/c1-19-14-25(15-20(2)27(19)29)23-12-10-8-6-5-7-9-11-13-24(18-23)26-16-21(3)28(30)22(4)17-26/h14-17,23-24,29-30H,5-13,18H2,1-4H3. The van der Waals surface area contributed by atoms with Crippen molar-refractivity contribution in [2.24, 2.45) is 0 Å². The van der Waals surface area contributed by atoms with Crippen LogP contribution >= 0.6 is 0 Å². The molecular formula is C28H40O2. The first-order chi connectivity index (χ1) is 14.4. The molecule has 2 nitrogen and oxygen atoms in total. The van der Waals surface area contributed by atoms with Crippen molar-refractivity contribution in [2.75, 3.05) is 0 Å². The van der Waals surface area contributed by atoms with Crippen LogP contribution in [0, 0.1) is 27.7 Å². The Kier molecular flexibility index (Phi) is 7.86. The van der Waals surface area contributed by atoms with Gasteiger partial charge in [0, 0.05) is 0 Å². The average Bonchev–Trinajstić information content (AvgIpc) is 2.70. The lowest BCUT2D eigenvalue weighted by atomic mass is 9.78. The molecule has 1 fully saturated rings. The Balaban J connectivity index is 1.94. The molecule has 164 valence electrons. The van der Waals surface area contributed by atoms with Gasteiger partial charge in [-0.25, -0.2) is 0 Å². The summed E-state index contributed by atoms with van der Waals surface area (Å²) < 4.78 is 0. The summed E-state index contributed by atoms with van der Waals surface area (Å²) in [6.07, 6.45) is 12.9. The molecule has 2 aromatic carbocycles. The number of phenolic OH excluding ortho intramolecular Hbond substituents is 2. The van der Waals surface area contributed by atoms with E-state index in [-0.39, 0.29) is 0 Å². The molecule has 2 unspecified atom stereocenters. The van der Waals surface area contributed by atoms with Gasteiger partial charge >= 0.3 is 0 Å². The number of benzene rings is 2.